The van der Waals surface area contributed by atoms with Gasteiger partial charge in [-0.1, -0.05) is 12.1 Å². The number of pyridine rings is 1. The molecule has 2 aromatic heterocycles. The topological polar surface area (TPSA) is 103 Å². The molecule has 0 aliphatic rings. The predicted octanol–water partition coefficient (Wildman–Crippen LogP) is 1.34. The van der Waals surface area contributed by atoms with Gasteiger partial charge in [-0.15, -0.1) is 0 Å². The number of para-hydroxylation sites is 2. The first-order valence-electron chi connectivity index (χ1n) is 7.03. The lowest BCUT2D eigenvalue weighted by Gasteiger charge is -2.07. The summed E-state index contributed by atoms with van der Waals surface area (Å²) < 4.78 is 1.37. The van der Waals surface area contributed by atoms with Crippen LogP contribution in [0.5, 0.6) is 0 Å². The average molecular weight is 309 g/mol. The van der Waals surface area contributed by atoms with Crippen molar-refractivity contribution in [3.8, 4) is 0 Å². The summed E-state index contributed by atoms with van der Waals surface area (Å²) in [4.78, 5) is 32.1. The van der Waals surface area contributed by atoms with Crippen LogP contribution < -0.4 is 11.1 Å². The molecule has 2 heterocycles. The fraction of sp³-hybridized carbons (Fsp3) is 0.125. The van der Waals surface area contributed by atoms with Gasteiger partial charge >= 0.3 is 0 Å². The number of carbonyl (C=O) groups excluding carboxylic acids is 2. The van der Waals surface area contributed by atoms with Gasteiger partial charge in [0.1, 0.15) is 0 Å². The fourth-order valence-electron chi connectivity index (χ4n) is 2.31. The summed E-state index contributed by atoms with van der Waals surface area (Å²) in [5.74, 6) is -0.313. The number of hydrogen-bond acceptors (Lipinski definition) is 5. The second-order valence-corrected chi connectivity index (χ2v) is 5.04. The Bertz CT molecular complexity index is 900. The maximum Gasteiger partial charge on any atom is 0.265 e. The molecule has 7 heteroatoms. The molecule has 7 nitrogen and oxygen atoms in total. The van der Waals surface area contributed by atoms with Gasteiger partial charge in [-0.05, 0) is 24.3 Å². The van der Waals surface area contributed by atoms with Crippen molar-refractivity contribution in [3.05, 3.63) is 53.9 Å². The summed E-state index contributed by atoms with van der Waals surface area (Å²) in [6.45, 7) is 1.68. The molecular formula is C16H15N5O2. The first-order valence-corrected chi connectivity index (χ1v) is 7.03. The summed E-state index contributed by atoms with van der Waals surface area (Å²) in [6.07, 6.45) is 1.53. The van der Waals surface area contributed by atoms with E-state index in [0.717, 1.165) is 0 Å². The summed E-state index contributed by atoms with van der Waals surface area (Å²) in [7, 11) is 0. The molecule has 3 aromatic rings. The number of anilines is 1. The fourth-order valence-corrected chi connectivity index (χ4v) is 2.31. The standard InChI is InChI=1S/C16H15N5O2/c1-10(22)19-9-12-8-11(6-7-18-12)15(23)21-14-5-3-2-4-13(14)20-16(21)17/h2-8H,9H2,1H3,(H2,17,20)(H,19,22). The third-order valence-electron chi connectivity index (χ3n) is 3.37. The van der Waals surface area contributed by atoms with Crippen molar-refractivity contribution in [1.29, 1.82) is 0 Å². The van der Waals surface area contributed by atoms with E-state index >= 15 is 0 Å². The predicted molar refractivity (Wildman–Crippen MR) is 85.6 cm³/mol. The number of carbonyl (C=O) groups is 2. The van der Waals surface area contributed by atoms with E-state index in [9.17, 15) is 9.59 Å². The molecule has 0 radical (unpaired) electrons. The van der Waals surface area contributed by atoms with E-state index in [1.165, 1.54) is 17.7 Å². The van der Waals surface area contributed by atoms with Gasteiger partial charge in [-0.2, -0.15) is 0 Å². The van der Waals surface area contributed by atoms with E-state index < -0.39 is 0 Å². The summed E-state index contributed by atoms with van der Waals surface area (Å²) in [6, 6.07) is 10.5. The molecule has 0 aliphatic carbocycles. The largest absolute Gasteiger partial charge is 0.369 e. The number of aromatic nitrogens is 3. The molecule has 1 amide bonds. The molecule has 23 heavy (non-hydrogen) atoms. The number of hydrogen-bond donors (Lipinski definition) is 2. The van der Waals surface area contributed by atoms with Gasteiger partial charge < -0.3 is 11.1 Å². The Kier molecular flexibility index (Phi) is 3.76. The Morgan fingerprint density at radius 2 is 2.04 bits per heavy atom. The lowest BCUT2D eigenvalue weighted by Crippen LogP contribution is -2.20. The van der Waals surface area contributed by atoms with Crippen LogP contribution in [-0.4, -0.2) is 26.3 Å². The first-order chi connectivity index (χ1) is 11.1. The Morgan fingerprint density at radius 1 is 1.26 bits per heavy atom. The van der Waals surface area contributed by atoms with Crippen molar-refractivity contribution in [2.45, 2.75) is 13.5 Å². The highest BCUT2D eigenvalue weighted by molar-refractivity contribution is 6.03. The molecule has 0 spiro atoms. The molecule has 0 aliphatic heterocycles. The molecule has 3 N–H and O–H groups in total. The monoisotopic (exact) mass is 309 g/mol. The van der Waals surface area contributed by atoms with Crippen LogP contribution in [0.25, 0.3) is 11.0 Å². The highest BCUT2D eigenvalue weighted by Gasteiger charge is 2.16. The number of amides is 1. The maximum absolute atomic E-state index is 12.8. The lowest BCUT2D eigenvalue weighted by molar-refractivity contribution is -0.119. The minimum atomic E-state index is -0.289. The number of nitrogens with zero attached hydrogens (tertiary/aromatic N) is 3. The Hall–Kier alpha value is -3.22. The van der Waals surface area contributed by atoms with Gasteiger partial charge in [0.05, 0.1) is 23.3 Å². The number of imidazole rings is 1. The molecule has 0 fully saturated rings. The molecule has 0 saturated carbocycles. The van der Waals surface area contributed by atoms with Crippen molar-refractivity contribution in [2.24, 2.45) is 0 Å². The van der Waals surface area contributed by atoms with Gasteiger partial charge in [-0.25, -0.2) is 9.55 Å². The quantitative estimate of drug-likeness (QED) is 0.760. The summed E-state index contributed by atoms with van der Waals surface area (Å²) in [5.41, 5.74) is 8.21. The molecule has 116 valence electrons. The normalized spacial score (nSPS) is 10.7. The smallest absolute Gasteiger partial charge is 0.265 e. The zero-order chi connectivity index (χ0) is 16.4. The number of nitrogen functional groups attached to an aromatic ring is 1. The highest BCUT2D eigenvalue weighted by atomic mass is 16.2. The number of fused-ring (bicyclic) bond motifs is 1. The molecule has 0 saturated heterocycles. The van der Waals surface area contributed by atoms with Crippen molar-refractivity contribution < 1.29 is 9.59 Å². The van der Waals surface area contributed by atoms with Crippen molar-refractivity contribution in [3.63, 3.8) is 0 Å². The molecule has 1 aromatic carbocycles. The SMILES string of the molecule is CC(=O)NCc1cc(C(=O)n2c(N)nc3ccccc32)ccn1. The number of benzene rings is 1. The summed E-state index contributed by atoms with van der Waals surface area (Å²) >= 11 is 0. The van der Waals surface area contributed by atoms with Crippen molar-refractivity contribution >= 4 is 28.8 Å². The second kappa shape index (κ2) is 5.88. The van der Waals surface area contributed by atoms with E-state index in [0.29, 0.717) is 22.3 Å². The maximum atomic E-state index is 12.8. The van der Waals surface area contributed by atoms with Crippen LogP contribution in [0.2, 0.25) is 0 Å². The van der Waals surface area contributed by atoms with E-state index in [1.807, 2.05) is 12.1 Å². The van der Waals surface area contributed by atoms with Crippen LogP contribution in [0.15, 0.2) is 42.6 Å². The van der Waals surface area contributed by atoms with E-state index in [1.54, 1.807) is 24.3 Å². The van der Waals surface area contributed by atoms with E-state index in [-0.39, 0.29) is 24.3 Å². The third-order valence-corrected chi connectivity index (χ3v) is 3.37. The highest BCUT2D eigenvalue weighted by Crippen LogP contribution is 2.19. The number of nitrogens with one attached hydrogen (secondary N) is 1. The van der Waals surface area contributed by atoms with Crippen LogP contribution >= 0.6 is 0 Å². The second-order valence-electron chi connectivity index (χ2n) is 5.04. The zero-order valence-electron chi connectivity index (χ0n) is 12.5. The molecule has 0 bridgehead atoms. The Labute approximate surface area is 132 Å². The average Bonchev–Trinajstić information content (AvgIpc) is 2.88. The Balaban J connectivity index is 1.98. The van der Waals surface area contributed by atoms with Gasteiger partial charge in [0.2, 0.25) is 11.9 Å². The van der Waals surface area contributed by atoms with Gasteiger partial charge in [-0.3, -0.25) is 14.6 Å². The van der Waals surface area contributed by atoms with Crippen LogP contribution in [0.3, 0.4) is 0 Å². The van der Waals surface area contributed by atoms with Crippen LogP contribution in [-0.2, 0) is 11.3 Å². The number of nitrogens with two attached hydrogens (primary N) is 1. The molecule has 3 rings (SSSR count). The minimum Gasteiger partial charge on any atom is -0.369 e. The molecule has 0 atom stereocenters. The molecular weight excluding hydrogens is 294 g/mol. The van der Waals surface area contributed by atoms with Crippen molar-refractivity contribution in [1.82, 2.24) is 19.9 Å². The molecule has 0 unspecified atom stereocenters. The van der Waals surface area contributed by atoms with Gasteiger partial charge in [0.15, 0.2) is 0 Å². The summed E-state index contributed by atoms with van der Waals surface area (Å²) in [5, 5.41) is 2.65. The first kappa shape index (κ1) is 14.7. The number of rotatable bonds is 3. The van der Waals surface area contributed by atoms with Crippen molar-refractivity contribution in [2.75, 3.05) is 5.73 Å². The lowest BCUT2D eigenvalue weighted by atomic mass is 10.2. The van der Waals surface area contributed by atoms with Gasteiger partial charge in [0.25, 0.3) is 5.91 Å². The van der Waals surface area contributed by atoms with Crippen LogP contribution in [0.4, 0.5) is 5.95 Å². The van der Waals surface area contributed by atoms with Crippen LogP contribution in [0, 0.1) is 0 Å². The third kappa shape index (κ3) is 2.89. The minimum absolute atomic E-state index is 0.136. The zero-order valence-corrected chi connectivity index (χ0v) is 12.5. The van der Waals surface area contributed by atoms with E-state index in [4.69, 9.17) is 5.73 Å². The van der Waals surface area contributed by atoms with Gasteiger partial charge in [0, 0.05) is 18.7 Å². The van der Waals surface area contributed by atoms with E-state index in [2.05, 4.69) is 15.3 Å². The Morgan fingerprint density at radius 3 is 2.83 bits per heavy atom. The van der Waals surface area contributed by atoms with Crippen LogP contribution in [0.1, 0.15) is 23.0 Å².